The Kier molecular flexibility index (Phi) is 6.93. The minimum atomic E-state index is -0.309. The Labute approximate surface area is 228 Å². The van der Waals surface area contributed by atoms with Crippen LogP contribution in [-0.2, 0) is 0 Å². The van der Waals surface area contributed by atoms with E-state index in [4.69, 9.17) is 33.2 Å². The summed E-state index contributed by atoms with van der Waals surface area (Å²) in [7, 11) is 0. The zero-order valence-corrected chi connectivity index (χ0v) is 22.9. The Balaban J connectivity index is 1.19. The third kappa shape index (κ3) is 5.13. The van der Waals surface area contributed by atoms with Crippen molar-refractivity contribution >= 4 is 45.9 Å². The molecule has 0 amide bonds. The minimum Gasteiger partial charge on any atom is -0.363 e. The summed E-state index contributed by atoms with van der Waals surface area (Å²) in [5.41, 5.74) is 1.64. The fourth-order valence-electron chi connectivity index (χ4n) is 6.36. The summed E-state index contributed by atoms with van der Waals surface area (Å²) < 4.78 is 14.2. The molecule has 0 bridgehead atoms. The van der Waals surface area contributed by atoms with Gasteiger partial charge in [0.2, 0.25) is 5.95 Å². The van der Waals surface area contributed by atoms with E-state index in [0.717, 1.165) is 42.0 Å². The molecule has 0 unspecified atom stereocenters. The SMILES string of the molecule is CC1CC(N2CCC[C@H](C3CN(c4nc(N[C@H](C)c5ccc(Cl)cc5Cl)c5cc(F)ccc5n4)C3)C2)C1. The molecule has 3 aromatic rings. The van der Waals surface area contributed by atoms with Crippen LogP contribution in [0.25, 0.3) is 10.9 Å². The molecule has 2 saturated heterocycles. The summed E-state index contributed by atoms with van der Waals surface area (Å²) in [6, 6.07) is 10.8. The topological polar surface area (TPSA) is 44.3 Å². The highest BCUT2D eigenvalue weighted by molar-refractivity contribution is 6.35. The normalized spacial score (nSPS) is 25.5. The summed E-state index contributed by atoms with van der Waals surface area (Å²) in [5, 5.41) is 5.30. The number of hydrogen-bond donors (Lipinski definition) is 1. The zero-order valence-electron chi connectivity index (χ0n) is 21.4. The quantitative estimate of drug-likeness (QED) is 0.357. The van der Waals surface area contributed by atoms with Crippen LogP contribution < -0.4 is 10.2 Å². The van der Waals surface area contributed by atoms with Gasteiger partial charge < -0.3 is 15.1 Å². The molecule has 3 heterocycles. The molecule has 0 spiro atoms. The van der Waals surface area contributed by atoms with E-state index in [9.17, 15) is 4.39 Å². The molecule has 1 saturated carbocycles. The van der Waals surface area contributed by atoms with Crippen molar-refractivity contribution in [3.05, 3.63) is 57.8 Å². The summed E-state index contributed by atoms with van der Waals surface area (Å²) >= 11 is 12.5. The number of anilines is 2. The second kappa shape index (κ2) is 10.2. The first-order valence-electron chi connectivity index (χ1n) is 13.5. The molecule has 1 aliphatic carbocycles. The van der Waals surface area contributed by atoms with E-state index < -0.39 is 0 Å². The van der Waals surface area contributed by atoms with Gasteiger partial charge in [0, 0.05) is 41.1 Å². The van der Waals surface area contributed by atoms with Crippen LogP contribution in [0, 0.1) is 23.6 Å². The van der Waals surface area contributed by atoms with Crippen molar-refractivity contribution in [3.63, 3.8) is 0 Å². The van der Waals surface area contributed by atoms with Crippen LogP contribution in [0.5, 0.6) is 0 Å². The molecule has 196 valence electrons. The molecular weight excluding hydrogens is 508 g/mol. The largest absolute Gasteiger partial charge is 0.363 e. The van der Waals surface area contributed by atoms with Crippen LogP contribution in [0.15, 0.2) is 36.4 Å². The monoisotopic (exact) mass is 541 g/mol. The van der Waals surface area contributed by atoms with Crippen LogP contribution >= 0.6 is 23.2 Å². The number of nitrogens with zero attached hydrogens (tertiary/aromatic N) is 4. The lowest BCUT2D eigenvalue weighted by Crippen LogP contribution is -2.56. The van der Waals surface area contributed by atoms with Gasteiger partial charge in [0.1, 0.15) is 11.6 Å². The third-order valence-electron chi connectivity index (χ3n) is 8.64. The highest BCUT2D eigenvalue weighted by Crippen LogP contribution is 2.39. The lowest BCUT2D eigenvalue weighted by Gasteiger charge is -2.50. The highest BCUT2D eigenvalue weighted by Gasteiger charge is 2.40. The average molecular weight is 543 g/mol. The van der Waals surface area contributed by atoms with Gasteiger partial charge in [0.15, 0.2) is 0 Å². The molecule has 2 aromatic carbocycles. The fourth-order valence-corrected chi connectivity index (χ4v) is 6.94. The molecule has 5 nitrogen and oxygen atoms in total. The third-order valence-corrected chi connectivity index (χ3v) is 9.20. The predicted molar refractivity (Wildman–Crippen MR) is 150 cm³/mol. The first-order valence-corrected chi connectivity index (χ1v) is 14.3. The summed E-state index contributed by atoms with van der Waals surface area (Å²) in [4.78, 5) is 14.7. The molecule has 2 aliphatic heterocycles. The molecule has 0 radical (unpaired) electrons. The number of halogens is 3. The molecule has 1 aromatic heterocycles. The maximum Gasteiger partial charge on any atom is 0.227 e. The number of aromatic nitrogens is 2. The summed E-state index contributed by atoms with van der Waals surface area (Å²) in [6.07, 6.45) is 5.36. The highest BCUT2D eigenvalue weighted by atomic mass is 35.5. The number of fused-ring (bicyclic) bond motifs is 1. The standard InChI is InChI=1S/C29H34Cl2FN5/c1-17-10-23(11-17)36-9-3-4-19(14-36)20-15-37(16-20)29-34-27-8-6-22(32)13-25(27)28(35-29)33-18(2)24-7-5-21(30)12-26(24)31/h5-8,12-13,17-20,23H,3-4,9-11,14-16H2,1-2H3,(H,33,34,35)/t17?,18-,19+,23?/m1/s1. The molecule has 8 heteroatoms. The van der Waals surface area contributed by atoms with Crippen LogP contribution in [0.4, 0.5) is 16.2 Å². The number of piperidine rings is 1. The Morgan fingerprint density at radius 2 is 1.84 bits per heavy atom. The number of likely N-dealkylation sites (tertiary alicyclic amines) is 1. The minimum absolute atomic E-state index is 0.148. The van der Waals surface area contributed by atoms with Crippen molar-refractivity contribution in [2.75, 3.05) is 36.4 Å². The molecule has 1 N–H and O–H groups in total. The van der Waals surface area contributed by atoms with Crippen molar-refractivity contribution in [3.8, 4) is 0 Å². The molecule has 3 fully saturated rings. The van der Waals surface area contributed by atoms with E-state index in [2.05, 4.69) is 22.0 Å². The first kappa shape index (κ1) is 25.1. The number of benzene rings is 2. The maximum absolute atomic E-state index is 14.2. The van der Waals surface area contributed by atoms with E-state index in [1.54, 1.807) is 12.1 Å². The zero-order chi connectivity index (χ0) is 25.7. The van der Waals surface area contributed by atoms with Crippen LogP contribution in [0.2, 0.25) is 10.0 Å². The van der Waals surface area contributed by atoms with Gasteiger partial charge in [-0.25, -0.2) is 9.37 Å². The van der Waals surface area contributed by atoms with Gasteiger partial charge in [-0.3, -0.25) is 0 Å². The van der Waals surface area contributed by atoms with Crippen LogP contribution in [0.1, 0.15) is 51.1 Å². The molecule has 3 aliphatic rings. The second-order valence-electron chi connectivity index (χ2n) is 11.4. The number of hydrogen-bond acceptors (Lipinski definition) is 5. The van der Waals surface area contributed by atoms with Crippen molar-refractivity contribution in [2.45, 2.75) is 51.6 Å². The van der Waals surface area contributed by atoms with Gasteiger partial charge in [-0.1, -0.05) is 36.2 Å². The van der Waals surface area contributed by atoms with Gasteiger partial charge in [0.25, 0.3) is 0 Å². The first-order chi connectivity index (χ1) is 17.8. The summed E-state index contributed by atoms with van der Waals surface area (Å²) in [5.74, 6) is 3.33. The van der Waals surface area contributed by atoms with Crippen LogP contribution in [0.3, 0.4) is 0 Å². The van der Waals surface area contributed by atoms with Crippen molar-refractivity contribution in [1.82, 2.24) is 14.9 Å². The van der Waals surface area contributed by atoms with Crippen molar-refractivity contribution in [1.29, 1.82) is 0 Å². The average Bonchev–Trinajstić information content (AvgIpc) is 2.81. The van der Waals surface area contributed by atoms with E-state index in [-0.39, 0.29) is 11.9 Å². The van der Waals surface area contributed by atoms with Gasteiger partial charge in [-0.2, -0.15) is 4.98 Å². The lowest BCUT2D eigenvalue weighted by molar-refractivity contribution is 0.0294. The lowest BCUT2D eigenvalue weighted by atomic mass is 9.76. The molecule has 37 heavy (non-hydrogen) atoms. The van der Waals surface area contributed by atoms with E-state index in [0.29, 0.717) is 33.1 Å². The molecular formula is C29H34Cl2FN5. The Morgan fingerprint density at radius 3 is 2.59 bits per heavy atom. The smallest absolute Gasteiger partial charge is 0.227 e. The summed E-state index contributed by atoms with van der Waals surface area (Å²) in [6.45, 7) is 8.83. The molecule has 6 rings (SSSR count). The van der Waals surface area contributed by atoms with Gasteiger partial charge in [-0.05, 0) is 92.8 Å². The van der Waals surface area contributed by atoms with Crippen molar-refractivity contribution < 1.29 is 4.39 Å². The van der Waals surface area contributed by atoms with Gasteiger partial charge in [0.05, 0.1) is 11.6 Å². The van der Waals surface area contributed by atoms with Crippen LogP contribution in [-0.4, -0.2) is 47.1 Å². The van der Waals surface area contributed by atoms with E-state index in [1.807, 2.05) is 19.1 Å². The van der Waals surface area contributed by atoms with Gasteiger partial charge >= 0.3 is 0 Å². The molecule has 2 atom stereocenters. The predicted octanol–water partition coefficient (Wildman–Crippen LogP) is 7.20. The van der Waals surface area contributed by atoms with E-state index in [1.165, 1.54) is 50.9 Å². The van der Waals surface area contributed by atoms with E-state index >= 15 is 0 Å². The fraction of sp³-hybridized carbons (Fsp3) is 0.517. The Morgan fingerprint density at radius 1 is 1.03 bits per heavy atom. The number of nitrogens with one attached hydrogen (secondary N) is 1. The Bertz CT molecular complexity index is 1290. The Hall–Kier alpha value is -2.15. The maximum atomic E-state index is 14.2. The number of rotatable bonds is 6. The second-order valence-corrected chi connectivity index (χ2v) is 12.2. The van der Waals surface area contributed by atoms with Gasteiger partial charge in [-0.15, -0.1) is 0 Å². The van der Waals surface area contributed by atoms with Crippen molar-refractivity contribution in [2.24, 2.45) is 17.8 Å².